The van der Waals surface area contributed by atoms with E-state index < -0.39 is 5.97 Å². The smallest absolute Gasteiger partial charge is 0.303 e. The van der Waals surface area contributed by atoms with Gasteiger partial charge in [-0.15, -0.1) is 0 Å². The lowest BCUT2D eigenvalue weighted by Crippen LogP contribution is -2.01. The molecule has 1 rings (SSSR count). The van der Waals surface area contributed by atoms with Crippen LogP contribution in [0.1, 0.15) is 12.0 Å². The first kappa shape index (κ1) is 13.7. The number of hydrogen-bond acceptors (Lipinski definition) is 5. The molecule has 0 saturated heterocycles. The summed E-state index contributed by atoms with van der Waals surface area (Å²) in [6, 6.07) is 3.10. The first-order valence-electron chi connectivity index (χ1n) is 5.17. The van der Waals surface area contributed by atoms with Crippen molar-refractivity contribution >= 4 is 17.7 Å². The van der Waals surface area contributed by atoms with Crippen molar-refractivity contribution in [3.63, 3.8) is 0 Å². The van der Waals surface area contributed by atoms with E-state index in [0.29, 0.717) is 22.7 Å². The van der Waals surface area contributed by atoms with Gasteiger partial charge < -0.3 is 14.6 Å². The highest BCUT2D eigenvalue weighted by Crippen LogP contribution is 2.36. The van der Waals surface area contributed by atoms with Crippen LogP contribution in [0.3, 0.4) is 0 Å². The number of benzene rings is 1. The highest BCUT2D eigenvalue weighted by molar-refractivity contribution is 5.68. The molecule has 0 aliphatic rings. The van der Waals surface area contributed by atoms with Gasteiger partial charge in [0.25, 0.3) is 0 Å². The minimum absolute atomic E-state index is 0.0478. The van der Waals surface area contributed by atoms with Crippen LogP contribution in [0.4, 0.5) is 5.69 Å². The van der Waals surface area contributed by atoms with E-state index >= 15 is 0 Å². The van der Waals surface area contributed by atoms with Gasteiger partial charge in [-0.25, -0.2) is 4.79 Å². The van der Waals surface area contributed by atoms with Crippen LogP contribution in [0.5, 0.6) is 11.5 Å². The minimum atomic E-state index is -0.916. The molecule has 0 bridgehead atoms. The van der Waals surface area contributed by atoms with Crippen LogP contribution in [0, 0.1) is 0 Å². The number of nitrogens with zero attached hydrogens (tertiary/aromatic N) is 1. The number of ether oxygens (including phenoxy) is 2. The molecule has 0 spiro atoms. The summed E-state index contributed by atoms with van der Waals surface area (Å²) in [7, 11) is 2.91. The molecule has 0 atom stereocenters. The molecule has 0 heterocycles. The third kappa shape index (κ3) is 3.33. The summed E-state index contributed by atoms with van der Waals surface area (Å²) < 4.78 is 10.3. The molecule has 1 N–H and O–H groups in total. The zero-order valence-corrected chi connectivity index (χ0v) is 10.1. The van der Waals surface area contributed by atoms with Gasteiger partial charge in [0.2, 0.25) is 6.08 Å². The van der Waals surface area contributed by atoms with E-state index in [0.717, 1.165) is 0 Å². The largest absolute Gasteiger partial charge is 0.493 e. The molecule has 0 fully saturated rings. The lowest BCUT2D eigenvalue weighted by atomic mass is 10.1. The maximum absolute atomic E-state index is 10.6. The van der Waals surface area contributed by atoms with E-state index in [-0.39, 0.29) is 12.8 Å². The second-order valence-corrected chi connectivity index (χ2v) is 3.44. The first-order chi connectivity index (χ1) is 8.62. The van der Waals surface area contributed by atoms with Crippen LogP contribution in [-0.2, 0) is 16.0 Å². The molecule has 1 aromatic rings. The van der Waals surface area contributed by atoms with E-state index in [1.54, 1.807) is 6.07 Å². The number of hydrogen-bond donors (Lipinski definition) is 1. The topological polar surface area (TPSA) is 85.2 Å². The van der Waals surface area contributed by atoms with Gasteiger partial charge in [0.05, 0.1) is 19.9 Å². The van der Waals surface area contributed by atoms with Crippen molar-refractivity contribution in [3.8, 4) is 11.5 Å². The number of methoxy groups -OCH3 is 2. The first-order valence-corrected chi connectivity index (χ1v) is 5.17. The van der Waals surface area contributed by atoms with Crippen molar-refractivity contribution in [1.29, 1.82) is 0 Å². The third-order valence-electron chi connectivity index (χ3n) is 2.32. The molecule has 0 aromatic heterocycles. The predicted octanol–water partition coefficient (Wildman–Crippen LogP) is 1.69. The number of aryl methyl sites for hydroxylation is 1. The number of carbonyl (C=O) groups is 1. The Morgan fingerprint density at radius 3 is 2.61 bits per heavy atom. The van der Waals surface area contributed by atoms with Crippen LogP contribution in [-0.4, -0.2) is 31.4 Å². The van der Waals surface area contributed by atoms with Crippen LogP contribution >= 0.6 is 0 Å². The number of rotatable bonds is 6. The van der Waals surface area contributed by atoms with Gasteiger partial charge in [-0.3, -0.25) is 4.79 Å². The van der Waals surface area contributed by atoms with Crippen molar-refractivity contribution in [2.75, 3.05) is 14.2 Å². The van der Waals surface area contributed by atoms with Crippen LogP contribution in [0.2, 0.25) is 0 Å². The monoisotopic (exact) mass is 251 g/mol. The fraction of sp³-hybridized carbons (Fsp3) is 0.333. The summed E-state index contributed by atoms with van der Waals surface area (Å²) >= 11 is 0. The summed E-state index contributed by atoms with van der Waals surface area (Å²) in [6.45, 7) is 0. The summed E-state index contributed by atoms with van der Waals surface area (Å²) in [5.74, 6) is -0.0710. The van der Waals surface area contributed by atoms with Crippen LogP contribution in [0.15, 0.2) is 17.1 Å². The van der Waals surface area contributed by atoms with Gasteiger partial charge in [0.15, 0.2) is 11.5 Å². The molecule has 6 heteroatoms. The zero-order valence-electron chi connectivity index (χ0n) is 10.1. The van der Waals surface area contributed by atoms with Gasteiger partial charge in [0, 0.05) is 18.1 Å². The Morgan fingerprint density at radius 2 is 2.11 bits per heavy atom. The molecule has 0 radical (unpaired) electrons. The predicted molar refractivity (Wildman–Crippen MR) is 63.3 cm³/mol. The van der Waals surface area contributed by atoms with Gasteiger partial charge in [0.1, 0.15) is 0 Å². The van der Waals surface area contributed by atoms with E-state index in [2.05, 4.69) is 4.99 Å². The molecule has 6 nitrogen and oxygen atoms in total. The van der Waals surface area contributed by atoms with Crippen molar-refractivity contribution in [2.45, 2.75) is 12.8 Å². The summed E-state index contributed by atoms with van der Waals surface area (Å²) in [6.07, 6.45) is 1.64. The zero-order chi connectivity index (χ0) is 13.5. The Morgan fingerprint density at radius 1 is 1.39 bits per heavy atom. The van der Waals surface area contributed by atoms with Crippen molar-refractivity contribution in [2.24, 2.45) is 4.99 Å². The Hall–Kier alpha value is -2.33. The number of carbonyl (C=O) groups excluding carboxylic acids is 1. The Bertz CT molecular complexity index is 491. The van der Waals surface area contributed by atoms with E-state index in [1.165, 1.54) is 26.4 Å². The lowest BCUT2D eigenvalue weighted by Gasteiger charge is -2.12. The Labute approximate surface area is 104 Å². The van der Waals surface area contributed by atoms with Crippen molar-refractivity contribution in [3.05, 3.63) is 17.7 Å². The Balaban J connectivity index is 3.21. The molecule has 18 heavy (non-hydrogen) atoms. The molecule has 0 saturated carbocycles. The average molecular weight is 251 g/mol. The highest BCUT2D eigenvalue weighted by Gasteiger charge is 2.13. The number of isocyanates is 1. The summed E-state index contributed by atoms with van der Waals surface area (Å²) in [5, 5.41) is 8.68. The highest BCUT2D eigenvalue weighted by atomic mass is 16.5. The van der Waals surface area contributed by atoms with Gasteiger partial charge in [-0.2, -0.15) is 4.99 Å². The number of aliphatic carboxylic acids is 1. The average Bonchev–Trinajstić information content (AvgIpc) is 2.35. The van der Waals surface area contributed by atoms with Crippen LogP contribution in [0.25, 0.3) is 0 Å². The number of carboxylic acid groups (broad SMARTS) is 1. The van der Waals surface area contributed by atoms with E-state index in [9.17, 15) is 9.59 Å². The second-order valence-electron chi connectivity index (χ2n) is 3.44. The third-order valence-corrected chi connectivity index (χ3v) is 2.32. The molecule has 0 aliphatic carbocycles. The summed E-state index contributed by atoms with van der Waals surface area (Å²) in [5.41, 5.74) is 0.969. The van der Waals surface area contributed by atoms with Gasteiger partial charge in [-0.05, 0) is 12.5 Å². The number of carboxylic acids is 1. The quantitative estimate of drug-likeness (QED) is 0.614. The SMILES string of the molecule is COc1cc(N=C=O)cc(CCC(=O)O)c1OC. The lowest BCUT2D eigenvalue weighted by molar-refractivity contribution is -0.136. The van der Waals surface area contributed by atoms with Crippen molar-refractivity contribution < 1.29 is 24.2 Å². The molecule has 1 aromatic carbocycles. The summed E-state index contributed by atoms with van der Waals surface area (Å²) in [4.78, 5) is 24.3. The van der Waals surface area contributed by atoms with Crippen LogP contribution < -0.4 is 9.47 Å². The molecular formula is C12H13NO5. The fourth-order valence-corrected chi connectivity index (χ4v) is 1.57. The maximum Gasteiger partial charge on any atom is 0.303 e. The normalized spacial score (nSPS) is 9.44. The molecule has 96 valence electrons. The molecule has 0 aliphatic heterocycles. The standard InChI is InChI=1S/C12H13NO5/c1-17-10-6-9(13-7-14)5-8(12(10)18-2)3-4-11(15)16/h5-6H,3-4H2,1-2H3,(H,15,16). The molecule has 0 amide bonds. The molecular weight excluding hydrogens is 238 g/mol. The number of aliphatic imine (C=N–C) groups is 1. The van der Waals surface area contributed by atoms with E-state index in [4.69, 9.17) is 14.6 Å². The van der Waals surface area contributed by atoms with E-state index in [1.807, 2.05) is 0 Å². The fourth-order valence-electron chi connectivity index (χ4n) is 1.57. The second kappa shape index (κ2) is 6.42. The van der Waals surface area contributed by atoms with Gasteiger partial charge >= 0.3 is 5.97 Å². The maximum atomic E-state index is 10.6. The van der Waals surface area contributed by atoms with Crippen molar-refractivity contribution in [1.82, 2.24) is 0 Å². The van der Waals surface area contributed by atoms with Gasteiger partial charge in [-0.1, -0.05) is 0 Å². The minimum Gasteiger partial charge on any atom is -0.493 e. The Kier molecular flexibility index (Phi) is 4.90. The molecule has 0 unspecified atom stereocenters.